The number of hydrogen-bond acceptors (Lipinski definition) is 7. The molecule has 2 aromatic heterocycles. The molecule has 1 aliphatic heterocycles. The molecule has 1 fully saturated rings. The van der Waals surface area contributed by atoms with Gasteiger partial charge in [-0.25, -0.2) is 9.97 Å². The minimum atomic E-state index is -0.672. The second-order valence-corrected chi connectivity index (χ2v) is 6.94. The maximum atomic E-state index is 11.8. The molecule has 1 aliphatic rings. The molecule has 10 nitrogen and oxygen atoms in total. The number of nitrogens with two attached hydrogens (primary N) is 1. The Bertz CT molecular complexity index is 1080. The van der Waals surface area contributed by atoms with Gasteiger partial charge >= 0.3 is 0 Å². The van der Waals surface area contributed by atoms with Crippen LogP contribution in [-0.2, 0) is 18.4 Å². The molecule has 3 heterocycles. The van der Waals surface area contributed by atoms with Gasteiger partial charge in [-0.05, 0) is 30.7 Å². The van der Waals surface area contributed by atoms with Crippen molar-refractivity contribution >= 4 is 17.6 Å². The Hall–Kier alpha value is -3.95. The molecule has 0 aliphatic carbocycles. The van der Waals surface area contributed by atoms with Crippen molar-refractivity contribution in [3.05, 3.63) is 54.0 Å². The van der Waals surface area contributed by atoms with Gasteiger partial charge in [0.05, 0.1) is 6.20 Å². The molecular weight excluding hydrogens is 386 g/mol. The Morgan fingerprint density at radius 2 is 2.13 bits per heavy atom. The van der Waals surface area contributed by atoms with E-state index in [-0.39, 0.29) is 11.6 Å². The maximum absolute atomic E-state index is 11.8. The Kier molecular flexibility index (Phi) is 5.29. The largest absolute Gasteiger partial charge is 0.489 e. The van der Waals surface area contributed by atoms with Gasteiger partial charge in [0.15, 0.2) is 5.82 Å². The van der Waals surface area contributed by atoms with E-state index >= 15 is 0 Å². The van der Waals surface area contributed by atoms with Crippen LogP contribution in [0.2, 0.25) is 0 Å². The summed E-state index contributed by atoms with van der Waals surface area (Å²) in [5, 5.41) is 9.90. The van der Waals surface area contributed by atoms with Crippen molar-refractivity contribution in [2.75, 3.05) is 11.9 Å². The predicted octanol–water partition coefficient (Wildman–Crippen LogP) is 0.855. The van der Waals surface area contributed by atoms with Crippen molar-refractivity contribution in [3.63, 3.8) is 0 Å². The van der Waals surface area contributed by atoms with E-state index in [1.54, 1.807) is 35.1 Å². The average Bonchev–Trinajstić information content (AvgIpc) is 3.34. The summed E-state index contributed by atoms with van der Waals surface area (Å²) in [6.07, 6.45) is 4.26. The van der Waals surface area contributed by atoms with Crippen LogP contribution in [-0.4, -0.2) is 44.1 Å². The SMILES string of the molecule is Cn1cc(COc2ccc(-c3nc(NC4CCNC4=O)cc(C(N)=O)n3)cc2)cn1. The number of aryl methyl sites for hydroxylation is 1. The molecule has 4 rings (SSSR count). The van der Waals surface area contributed by atoms with Crippen LogP contribution in [0.1, 0.15) is 22.5 Å². The smallest absolute Gasteiger partial charge is 0.267 e. The van der Waals surface area contributed by atoms with E-state index < -0.39 is 11.9 Å². The molecule has 2 amide bonds. The number of carbonyl (C=O) groups is 2. The molecule has 1 unspecified atom stereocenters. The fourth-order valence-electron chi connectivity index (χ4n) is 3.10. The fraction of sp³-hybridized carbons (Fsp3) is 0.250. The molecule has 3 aromatic rings. The summed E-state index contributed by atoms with van der Waals surface area (Å²) in [5.41, 5.74) is 7.14. The minimum Gasteiger partial charge on any atom is -0.489 e. The summed E-state index contributed by atoms with van der Waals surface area (Å²) in [6.45, 7) is 0.996. The Labute approximate surface area is 172 Å². The van der Waals surface area contributed by atoms with Crippen molar-refractivity contribution in [1.82, 2.24) is 25.1 Å². The van der Waals surface area contributed by atoms with E-state index in [9.17, 15) is 9.59 Å². The van der Waals surface area contributed by atoms with Gasteiger partial charge in [0.25, 0.3) is 5.91 Å². The van der Waals surface area contributed by atoms with Crippen LogP contribution in [0.25, 0.3) is 11.4 Å². The molecule has 1 atom stereocenters. The molecular formula is C20H21N7O3. The number of benzene rings is 1. The van der Waals surface area contributed by atoms with E-state index in [2.05, 4.69) is 25.7 Å². The zero-order valence-electron chi connectivity index (χ0n) is 16.3. The highest BCUT2D eigenvalue weighted by molar-refractivity contribution is 5.92. The number of hydrogen-bond donors (Lipinski definition) is 3. The van der Waals surface area contributed by atoms with Gasteiger partial charge in [-0.1, -0.05) is 0 Å². The number of amides is 2. The highest BCUT2D eigenvalue weighted by Gasteiger charge is 2.24. The van der Waals surface area contributed by atoms with Gasteiger partial charge in [0.2, 0.25) is 5.91 Å². The number of aromatic nitrogens is 4. The lowest BCUT2D eigenvalue weighted by Gasteiger charge is -2.13. The second-order valence-electron chi connectivity index (χ2n) is 6.94. The molecule has 4 N–H and O–H groups in total. The molecule has 1 saturated heterocycles. The Morgan fingerprint density at radius 1 is 1.33 bits per heavy atom. The summed E-state index contributed by atoms with van der Waals surface area (Å²) in [7, 11) is 1.85. The van der Waals surface area contributed by atoms with Crippen LogP contribution >= 0.6 is 0 Å². The molecule has 1 aromatic carbocycles. The van der Waals surface area contributed by atoms with Crippen LogP contribution in [0.15, 0.2) is 42.7 Å². The Morgan fingerprint density at radius 3 is 2.77 bits per heavy atom. The number of nitrogens with zero attached hydrogens (tertiary/aromatic N) is 4. The number of nitrogens with one attached hydrogen (secondary N) is 2. The minimum absolute atomic E-state index is 0.0674. The fourth-order valence-corrected chi connectivity index (χ4v) is 3.10. The van der Waals surface area contributed by atoms with E-state index in [0.717, 1.165) is 5.56 Å². The van der Waals surface area contributed by atoms with Crippen LogP contribution in [0.5, 0.6) is 5.75 Å². The van der Waals surface area contributed by atoms with Gasteiger partial charge in [-0.3, -0.25) is 14.3 Å². The molecule has 0 saturated carbocycles. The zero-order valence-corrected chi connectivity index (χ0v) is 16.3. The number of rotatable bonds is 7. The third kappa shape index (κ3) is 4.37. The van der Waals surface area contributed by atoms with Gasteiger partial charge in [0, 0.05) is 37.0 Å². The normalized spacial score (nSPS) is 15.6. The number of carbonyl (C=O) groups excluding carboxylic acids is 2. The van der Waals surface area contributed by atoms with Crippen LogP contribution in [0.3, 0.4) is 0 Å². The third-order valence-electron chi connectivity index (χ3n) is 4.63. The van der Waals surface area contributed by atoms with Crippen molar-refractivity contribution in [2.24, 2.45) is 12.8 Å². The first-order valence-corrected chi connectivity index (χ1v) is 9.42. The number of primary amides is 1. The highest BCUT2D eigenvalue weighted by Crippen LogP contribution is 2.23. The van der Waals surface area contributed by atoms with Gasteiger partial charge in [-0.2, -0.15) is 5.10 Å². The first kappa shape index (κ1) is 19.4. The van der Waals surface area contributed by atoms with Crippen molar-refractivity contribution < 1.29 is 14.3 Å². The topological polar surface area (TPSA) is 137 Å². The van der Waals surface area contributed by atoms with E-state index in [1.807, 2.05) is 13.2 Å². The molecule has 0 radical (unpaired) electrons. The first-order valence-electron chi connectivity index (χ1n) is 9.42. The average molecular weight is 407 g/mol. The summed E-state index contributed by atoms with van der Waals surface area (Å²) < 4.78 is 7.47. The molecule has 10 heteroatoms. The van der Waals surface area contributed by atoms with Crippen molar-refractivity contribution in [2.45, 2.75) is 19.1 Å². The van der Waals surface area contributed by atoms with Crippen LogP contribution < -0.4 is 21.1 Å². The lowest BCUT2D eigenvalue weighted by atomic mass is 10.2. The van der Waals surface area contributed by atoms with Crippen molar-refractivity contribution in [3.8, 4) is 17.1 Å². The van der Waals surface area contributed by atoms with E-state index in [1.165, 1.54) is 6.07 Å². The summed E-state index contributed by atoms with van der Waals surface area (Å²) in [6, 6.07) is 8.22. The van der Waals surface area contributed by atoms with Crippen molar-refractivity contribution in [1.29, 1.82) is 0 Å². The number of ether oxygens (including phenoxy) is 1. The van der Waals surface area contributed by atoms with Crippen LogP contribution in [0, 0.1) is 0 Å². The van der Waals surface area contributed by atoms with E-state index in [0.29, 0.717) is 42.5 Å². The summed E-state index contributed by atoms with van der Waals surface area (Å²) >= 11 is 0. The maximum Gasteiger partial charge on any atom is 0.267 e. The standard InChI is InChI=1S/C20H21N7O3/c1-27-10-12(9-23-27)11-30-14-4-2-13(3-5-14)19-25-16(18(21)28)8-17(26-19)24-15-6-7-22-20(15)29/h2-5,8-10,15H,6-7,11H2,1H3,(H2,21,28)(H,22,29)(H,24,25,26). The first-order chi connectivity index (χ1) is 14.5. The van der Waals surface area contributed by atoms with E-state index in [4.69, 9.17) is 10.5 Å². The highest BCUT2D eigenvalue weighted by atomic mass is 16.5. The molecule has 0 bridgehead atoms. The Balaban J connectivity index is 1.53. The molecule has 0 spiro atoms. The van der Waals surface area contributed by atoms with Crippen LogP contribution in [0.4, 0.5) is 5.82 Å². The predicted molar refractivity (Wildman–Crippen MR) is 109 cm³/mol. The lowest BCUT2D eigenvalue weighted by molar-refractivity contribution is -0.119. The van der Waals surface area contributed by atoms with Gasteiger partial charge < -0.3 is 21.1 Å². The zero-order chi connectivity index (χ0) is 21.1. The second kappa shape index (κ2) is 8.19. The quantitative estimate of drug-likeness (QED) is 0.528. The summed E-state index contributed by atoms with van der Waals surface area (Å²) in [5.74, 6) is 0.591. The molecule has 154 valence electrons. The monoisotopic (exact) mass is 407 g/mol. The molecule has 30 heavy (non-hydrogen) atoms. The van der Waals surface area contributed by atoms with Gasteiger partial charge in [0.1, 0.15) is 29.9 Å². The lowest BCUT2D eigenvalue weighted by Crippen LogP contribution is -2.30. The van der Waals surface area contributed by atoms with Gasteiger partial charge in [-0.15, -0.1) is 0 Å². The number of anilines is 1. The summed E-state index contributed by atoms with van der Waals surface area (Å²) in [4.78, 5) is 32.2. The third-order valence-corrected chi connectivity index (χ3v) is 4.63.